The molecule has 0 spiro atoms. The summed E-state index contributed by atoms with van der Waals surface area (Å²) in [6.45, 7) is 10.3. The number of nitrogen functional groups attached to an aromatic ring is 1. The molecular formula is C14H28N4O. The Kier molecular flexibility index (Phi) is 5.23. The summed E-state index contributed by atoms with van der Waals surface area (Å²) in [5.74, 6) is 1.25. The first-order valence-corrected chi connectivity index (χ1v) is 6.83. The fraction of sp³-hybridized carbons (Fsp3) is 0.786. The first-order chi connectivity index (χ1) is 8.78. The van der Waals surface area contributed by atoms with Gasteiger partial charge in [-0.15, -0.1) is 0 Å². The Morgan fingerprint density at radius 1 is 1.42 bits per heavy atom. The molecule has 5 nitrogen and oxygen atoms in total. The Bertz CT molecular complexity index is 410. The summed E-state index contributed by atoms with van der Waals surface area (Å²) >= 11 is 0. The molecule has 1 aromatic rings. The lowest BCUT2D eigenvalue weighted by atomic mass is 9.90. The van der Waals surface area contributed by atoms with E-state index in [1.54, 1.807) is 7.11 Å². The molecule has 0 saturated heterocycles. The summed E-state index contributed by atoms with van der Waals surface area (Å²) in [6, 6.07) is 0. The van der Waals surface area contributed by atoms with E-state index in [1.807, 2.05) is 11.7 Å². The van der Waals surface area contributed by atoms with E-state index in [-0.39, 0.29) is 5.41 Å². The van der Waals surface area contributed by atoms with Crippen LogP contribution in [0.5, 0.6) is 0 Å². The van der Waals surface area contributed by atoms with E-state index in [2.05, 4.69) is 38.1 Å². The van der Waals surface area contributed by atoms with Gasteiger partial charge in [0.1, 0.15) is 5.82 Å². The van der Waals surface area contributed by atoms with Crippen LogP contribution in [0.3, 0.4) is 0 Å². The predicted octanol–water partition coefficient (Wildman–Crippen LogP) is 2.60. The van der Waals surface area contributed by atoms with Crippen molar-refractivity contribution in [2.75, 3.05) is 31.3 Å². The predicted molar refractivity (Wildman–Crippen MR) is 80.5 cm³/mol. The van der Waals surface area contributed by atoms with Crippen molar-refractivity contribution in [3.63, 3.8) is 0 Å². The second kappa shape index (κ2) is 6.28. The molecular weight excluding hydrogens is 240 g/mol. The Labute approximate surface area is 116 Å². The van der Waals surface area contributed by atoms with Crippen LogP contribution in [0.4, 0.5) is 11.5 Å². The van der Waals surface area contributed by atoms with Crippen molar-refractivity contribution in [2.45, 2.75) is 40.0 Å². The van der Waals surface area contributed by atoms with Gasteiger partial charge in [0.05, 0.1) is 11.4 Å². The molecule has 0 radical (unpaired) electrons. The van der Waals surface area contributed by atoms with Gasteiger partial charge in [-0.1, -0.05) is 27.7 Å². The lowest BCUT2D eigenvalue weighted by Crippen LogP contribution is -2.25. The minimum absolute atomic E-state index is 0.157. The van der Waals surface area contributed by atoms with Gasteiger partial charge in [0.2, 0.25) is 0 Å². The van der Waals surface area contributed by atoms with Crippen molar-refractivity contribution in [1.82, 2.24) is 9.78 Å². The topological polar surface area (TPSA) is 65.1 Å². The van der Waals surface area contributed by atoms with Gasteiger partial charge in [-0.2, -0.15) is 5.10 Å². The van der Waals surface area contributed by atoms with Crippen LogP contribution < -0.4 is 11.1 Å². The summed E-state index contributed by atoms with van der Waals surface area (Å²) in [5, 5.41) is 7.90. The maximum absolute atomic E-state index is 6.16. The van der Waals surface area contributed by atoms with Crippen LogP contribution >= 0.6 is 0 Å². The standard InChI is InChI=1S/C14H28N4O/c1-10(2)12-11(15)13(18(5)17-12)16-9-14(3,4)7-8-19-6/h10,16H,7-9,15H2,1-6H3. The number of anilines is 2. The van der Waals surface area contributed by atoms with Crippen molar-refractivity contribution in [2.24, 2.45) is 12.5 Å². The molecule has 1 heterocycles. The SMILES string of the molecule is COCCC(C)(C)CNc1c(N)c(C(C)C)nn1C. The molecule has 0 amide bonds. The number of nitrogens with two attached hydrogens (primary N) is 1. The van der Waals surface area contributed by atoms with Crippen LogP contribution in [0.15, 0.2) is 0 Å². The van der Waals surface area contributed by atoms with Crippen molar-refractivity contribution >= 4 is 11.5 Å². The Morgan fingerprint density at radius 2 is 2.05 bits per heavy atom. The highest BCUT2D eigenvalue weighted by Gasteiger charge is 2.20. The van der Waals surface area contributed by atoms with E-state index < -0.39 is 0 Å². The van der Waals surface area contributed by atoms with Crippen molar-refractivity contribution in [3.05, 3.63) is 5.69 Å². The second-order valence-electron chi connectivity index (χ2n) is 6.19. The van der Waals surface area contributed by atoms with Crippen LogP contribution in [-0.4, -0.2) is 30.0 Å². The molecule has 110 valence electrons. The summed E-state index contributed by atoms with van der Waals surface area (Å²) in [5.41, 5.74) is 8.04. The number of aromatic nitrogens is 2. The molecule has 19 heavy (non-hydrogen) atoms. The van der Waals surface area contributed by atoms with Crippen LogP contribution in [0, 0.1) is 5.41 Å². The maximum Gasteiger partial charge on any atom is 0.147 e. The molecule has 0 saturated carbocycles. The second-order valence-corrected chi connectivity index (χ2v) is 6.19. The van der Waals surface area contributed by atoms with Crippen LogP contribution in [0.2, 0.25) is 0 Å². The highest BCUT2D eigenvalue weighted by molar-refractivity contribution is 5.65. The molecule has 1 aromatic heterocycles. The highest BCUT2D eigenvalue weighted by Crippen LogP contribution is 2.29. The number of nitrogens with zero attached hydrogens (tertiary/aromatic N) is 2. The fourth-order valence-corrected chi connectivity index (χ4v) is 1.99. The number of ether oxygens (including phenoxy) is 1. The third kappa shape index (κ3) is 4.13. The van der Waals surface area contributed by atoms with Crippen LogP contribution in [0.1, 0.15) is 45.7 Å². The van der Waals surface area contributed by atoms with Gasteiger partial charge in [0, 0.05) is 27.3 Å². The van der Waals surface area contributed by atoms with Gasteiger partial charge in [-0.05, 0) is 17.8 Å². The van der Waals surface area contributed by atoms with E-state index in [0.717, 1.165) is 36.8 Å². The van der Waals surface area contributed by atoms with Gasteiger partial charge in [0.25, 0.3) is 0 Å². The first kappa shape index (κ1) is 15.8. The molecule has 0 aromatic carbocycles. The average molecular weight is 268 g/mol. The Morgan fingerprint density at radius 3 is 2.53 bits per heavy atom. The number of aryl methyl sites for hydroxylation is 1. The Balaban J connectivity index is 2.73. The van der Waals surface area contributed by atoms with E-state index in [9.17, 15) is 0 Å². The van der Waals surface area contributed by atoms with Crippen molar-refractivity contribution in [1.29, 1.82) is 0 Å². The minimum Gasteiger partial charge on any atom is -0.394 e. The first-order valence-electron chi connectivity index (χ1n) is 6.83. The molecule has 5 heteroatoms. The lowest BCUT2D eigenvalue weighted by Gasteiger charge is -2.25. The number of nitrogens with one attached hydrogen (secondary N) is 1. The fourth-order valence-electron chi connectivity index (χ4n) is 1.99. The van der Waals surface area contributed by atoms with Gasteiger partial charge in [0.15, 0.2) is 0 Å². The molecule has 0 bridgehead atoms. The third-order valence-corrected chi connectivity index (χ3v) is 3.38. The Hall–Kier alpha value is -1.23. The van der Waals surface area contributed by atoms with E-state index in [1.165, 1.54) is 0 Å². The molecule has 3 N–H and O–H groups in total. The monoisotopic (exact) mass is 268 g/mol. The van der Waals surface area contributed by atoms with Crippen LogP contribution in [0.25, 0.3) is 0 Å². The summed E-state index contributed by atoms with van der Waals surface area (Å²) in [7, 11) is 3.66. The lowest BCUT2D eigenvalue weighted by molar-refractivity contribution is 0.157. The molecule has 0 aliphatic carbocycles. The zero-order valence-corrected chi connectivity index (χ0v) is 13.1. The molecule has 0 unspecified atom stereocenters. The van der Waals surface area contributed by atoms with Gasteiger partial charge >= 0.3 is 0 Å². The smallest absolute Gasteiger partial charge is 0.147 e. The molecule has 1 rings (SSSR count). The quantitative estimate of drug-likeness (QED) is 0.798. The van der Waals surface area contributed by atoms with Crippen LogP contribution in [-0.2, 0) is 11.8 Å². The third-order valence-electron chi connectivity index (χ3n) is 3.38. The number of methoxy groups -OCH3 is 1. The van der Waals surface area contributed by atoms with Crippen molar-refractivity contribution < 1.29 is 4.74 Å². The summed E-state index contributed by atoms with van der Waals surface area (Å²) in [6.07, 6.45) is 1.01. The summed E-state index contributed by atoms with van der Waals surface area (Å²) in [4.78, 5) is 0. The number of hydrogen-bond donors (Lipinski definition) is 2. The highest BCUT2D eigenvalue weighted by atomic mass is 16.5. The minimum atomic E-state index is 0.157. The zero-order chi connectivity index (χ0) is 14.6. The molecule has 0 aliphatic rings. The molecule has 0 atom stereocenters. The molecule has 0 aliphatic heterocycles. The largest absolute Gasteiger partial charge is 0.394 e. The number of hydrogen-bond acceptors (Lipinski definition) is 4. The van der Waals surface area contributed by atoms with E-state index in [0.29, 0.717) is 5.92 Å². The molecule has 0 fully saturated rings. The van der Waals surface area contributed by atoms with E-state index in [4.69, 9.17) is 10.5 Å². The van der Waals surface area contributed by atoms with Crippen molar-refractivity contribution in [3.8, 4) is 0 Å². The normalized spacial score (nSPS) is 12.2. The van der Waals surface area contributed by atoms with Gasteiger partial charge in [-0.25, -0.2) is 0 Å². The van der Waals surface area contributed by atoms with Gasteiger partial charge in [-0.3, -0.25) is 4.68 Å². The zero-order valence-electron chi connectivity index (χ0n) is 13.1. The average Bonchev–Trinajstić information content (AvgIpc) is 2.60. The summed E-state index contributed by atoms with van der Waals surface area (Å²) < 4.78 is 6.97. The van der Waals surface area contributed by atoms with E-state index >= 15 is 0 Å². The maximum atomic E-state index is 6.16. The number of rotatable bonds is 7. The van der Waals surface area contributed by atoms with Gasteiger partial charge < -0.3 is 15.8 Å².